The van der Waals surface area contributed by atoms with Gasteiger partial charge >= 0.3 is 6.18 Å². The first kappa shape index (κ1) is 25.0. The molecule has 38 heavy (non-hydrogen) atoms. The fraction of sp³-hybridized carbons (Fsp3) is 0.222. The Balaban J connectivity index is 1.46. The van der Waals surface area contributed by atoms with Crippen molar-refractivity contribution in [3.8, 4) is 23.0 Å². The van der Waals surface area contributed by atoms with Gasteiger partial charge in [-0.05, 0) is 42.2 Å². The van der Waals surface area contributed by atoms with Gasteiger partial charge in [0.15, 0.2) is 17.2 Å². The van der Waals surface area contributed by atoms with Gasteiger partial charge in [0.1, 0.15) is 18.1 Å². The molecule has 5 aromatic rings. The highest BCUT2D eigenvalue weighted by Gasteiger charge is 2.34. The Hall–Kier alpha value is -4.72. The molecule has 0 spiro atoms. The molecule has 5 rings (SSSR count). The van der Waals surface area contributed by atoms with E-state index in [1.165, 1.54) is 11.0 Å². The standard InChI is InChI=1S/C27H23F3N8/c1-16(2)20-6-4-5-7-21(20)24-22(13-31)37-15-33-35-26(37)25(34-24)32-14-18-8-10-19(11-9-18)38-17(3)12-23(36-38)27(28,29)30/h4-12,15-16H,14H2,1-3H3,(H,32,34). The normalized spacial score (nSPS) is 11.7. The maximum Gasteiger partial charge on any atom is 0.435 e. The third-order valence-corrected chi connectivity index (χ3v) is 6.21. The van der Waals surface area contributed by atoms with Crippen LogP contribution in [0.5, 0.6) is 0 Å². The molecule has 3 aromatic heterocycles. The molecule has 0 atom stereocenters. The second-order valence-corrected chi connectivity index (χ2v) is 9.14. The highest BCUT2D eigenvalue weighted by atomic mass is 19.4. The highest BCUT2D eigenvalue weighted by molar-refractivity contribution is 5.75. The summed E-state index contributed by atoms with van der Waals surface area (Å²) in [6.07, 6.45) is -3.02. The minimum absolute atomic E-state index is 0.219. The number of rotatable bonds is 6. The molecular weight excluding hydrogens is 493 g/mol. The second-order valence-electron chi connectivity index (χ2n) is 9.14. The Labute approximate surface area is 216 Å². The zero-order chi connectivity index (χ0) is 27.0. The lowest BCUT2D eigenvalue weighted by atomic mass is 9.94. The third kappa shape index (κ3) is 4.56. The van der Waals surface area contributed by atoms with Crippen molar-refractivity contribution in [2.24, 2.45) is 0 Å². The number of halogens is 3. The highest BCUT2D eigenvalue weighted by Crippen LogP contribution is 2.32. The van der Waals surface area contributed by atoms with Crippen molar-refractivity contribution < 1.29 is 13.2 Å². The summed E-state index contributed by atoms with van der Waals surface area (Å²) in [4.78, 5) is 4.80. The molecule has 0 unspecified atom stereocenters. The van der Waals surface area contributed by atoms with Gasteiger partial charge in [-0.3, -0.25) is 4.40 Å². The SMILES string of the molecule is Cc1cc(C(F)(F)F)nn1-c1ccc(CNc2nc(-c3ccccc3C(C)C)c(C#N)n3cnnc23)cc1. The summed E-state index contributed by atoms with van der Waals surface area (Å²) >= 11 is 0. The van der Waals surface area contributed by atoms with Crippen LogP contribution in [-0.4, -0.2) is 29.4 Å². The Morgan fingerprint density at radius 3 is 2.47 bits per heavy atom. The van der Waals surface area contributed by atoms with Crippen molar-refractivity contribution in [2.75, 3.05) is 5.32 Å². The largest absolute Gasteiger partial charge is 0.435 e. The molecule has 192 valence electrons. The molecule has 0 bridgehead atoms. The molecule has 0 saturated carbocycles. The van der Waals surface area contributed by atoms with Crippen molar-refractivity contribution in [3.63, 3.8) is 0 Å². The summed E-state index contributed by atoms with van der Waals surface area (Å²) < 4.78 is 42.0. The van der Waals surface area contributed by atoms with Crippen molar-refractivity contribution in [2.45, 2.75) is 39.4 Å². The molecule has 3 heterocycles. The Bertz CT molecular complexity index is 1660. The van der Waals surface area contributed by atoms with Crippen LogP contribution >= 0.6 is 0 Å². The van der Waals surface area contributed by atoms with E-state index in [1.54, 1.807) is 35.6 Å². The number of benzene rings is 2. The number of alkyl halides is 3. The first-order valence-electron chi connectivity index (χ1n) is 11.9. The van der Waals surface area contributed by atoms with E-state index in [0.717, 1.165) is 22.8 Å². The van der Waals surface area contributed by atoms with Crippen LogP contribution in [0.2, 0.25) is 0 Å². The first-order chi connectivity index (χ1) is 18.2. The van der Waals surface area contributed by atoms with Gasteiger partial charge in [0.2, 0.25) is 5.65 Å². The third-order valence-electron chi connectivity index (χ3n) is 6.21. The van der Waals surface area contributed by atoms with Gasteiger partial charge in [-0.1, -0.05) is 50.2 Å². The van der Waals surface area contributed by atoms with Gasteiger partial charge < -0.3 is 5.32 Å². The summed E-state index contributed by atoms with van der Waals surface area (Å²) in [5.74, 6) is 0.675. The zero-order valence-electron chi connectivity index (χ0n) is 20.8. The Morgan fingerprint density at radius 2 is 1.82 bits per heavy atom. The average molecular weight is 517 g/mol. The van der Waals surface area contributed by atoms with E-state index in [2.05, 4.69) is 40.5 Å². The molecular formula is C27H23F3N8. The lowest BCUT2D eigenvalue weighted by Crippen LogP contribution is -2.09. The summed E-state index contributed by atoms with van der Waals surface area (Å²) in [5.41, 5.74) is 4.03. The number of hydrogen-bond donors (Lipinski definition) is 1. The fourth-order valence-corrected chi connectivity index (χ4v) is 4.33. The predicted octanol–water partition coefficient (Wildman–Crippen LogP) is 5.91. The van der Waals surface area contributed by atoms with Crippen LogP contribution in [0.1, 0.15) is 48.0 Å². The molecule has 0 aliphatic heterocycles. The average Bonchev–Trinajstić information content (AvgIpc) is 3.54. The van der Waals surface area contributed by atoms with Crippen LogP contribution in [0.3, 0.4) is 0 Å². The van der Waals surface area contributed by atoms with Gasteiger partial charge in [0.25, 0.3) is 0 Å². The number of nitriles is 1. The lowest BCUT2D eigenvalue weighted by Gasteiger charge is -2.16. The minimum Gasteiger partial charge on any atom is -0.363 e. The second kappa shape index (κ2) is 9.63. The Morgan fingerprint density at radius 1 is 1.08 bits per heavy atom. The van der Waals surface area contributed by atoms with E-state index in [0.29, 0.717) is 40.8 Å². The Kier molecular flexibility index (Phi) is 6.32. The monoisotopic (exact) mass is 516 g/mol. The van der Waals surface area contributed by atoms with Crippen LogP contribution in [0.25, 0.3) is 22.6 Å². The van der Waals surface area contributed by atoms with Crippen molar-refractivity contribution >= 4 is 11.5 Å². The molecule has 11 heteroatoms. The van der Waals surface area contributed by atoms with Crippen LogP contribution in [0.4, 0.5) is 19.0 Å². The summed E-state index contributed by atoms with van der Waals surface area (Å²) in [6.45, 7) is 6.10. The predicted molar refractivity (Wildman–Crippen MR) is 136 cm³/mol. The van der Waals surface area contributed by atoms with Gasteiger partial charge in [-0.15, -0.1) is 10.2 Å². The van der Waals surface area contributed by atoms with E-state index < -0.39 is 11.9 Å². The number of anilines is 1. The summed E-state index contributed by atoms with van der Waals surface area (Å²) in [7, 11) is 0. The van der Waals surface area contributed by atoms with Crippen LogP contribution in [0.15, 0.2) is 60.9 Å². The van der Waals surface area contributed by atoms with Crippen molar-refractivity contribution in [1.82, 2.24) is 29.4 Å². The smallest absolute Gasteiger partial charge is 0.363 e. The number of nitrogens with one attached hydrogen (secondary N) is 1. The molecule has 0 aliphatic rings. The van der Waals surface area contributed by atoms with Crippen LogP contribution < -0.4 is 5.32 Å². The molecule has 0 amide bonds. The van der Waals surface area contributed by atoms with Crippen LogP contribution in [-0.2, 0) is 12.7 Å². The van der Waals surface area contributed by atoms with E-state index in [4.69, 9.17) is 4.98 Å². The van der Waals surface area contributed by atoms with Crippen LogP contribution in [0, 0.1) is 18.3 Å². The van der Waals surface area contributed by atoms with E-state index in [9.17, 15) is 18.4 Å². The van der Waals surface area contributed by atoms with Gasteiger partial charge in [-0.25, -0.2) is 9.67 Å². The summed E-state index contributed by atoms with van der Waals surface area (Å²) in [5, 5.41) is 25.1. The molecule has 0 saturated heterocycles. The van der Waals surface area contributed by atoms with E-state index >= 15 is 0 Å². The lowest BCUT2D eigenvalue weighted by molar-refractivity contribution is -0.141. The zero-order valence-corrected chi connectivity index (χ0v) is 20.8. The molecule has 0 aliphatic carbocycles. The topological polar surface area (TPSA) is 96.7 Å². The minimum atomic E-state index is -4.50. The number of nitrogens with zero attached hydrogens (tertiary/aromatic N) is 7. The van der Waals surface area contributed by atoms with Crippen molar-refractivity contribution in [1.29, 1.82) is 5.26 Å². The van der Waals surface area contributed by atoms with Crippen molar-refractivity contribution in [3.05, 3.63) is 89.1 Å². The number of hydrogen-bond acceptors (Lipinski definition) is 6. The number of aryl methyl sites for hydroxylation is 1. The first-order valence-corrected chi connectivity index (χ1v) is 11.9. The summed E-state index contributed by atoms with van der Waals surface area (Å²) in [6, 6.07) is 18.1. The van der Waals surface area contributed by atoms with E-state index in [-0.39, 0.29) is 5.92 Å². The van der Waals surface area contributed by atoms with Gasteiger partial charge in [0.05, 0.1) is 5.69 Å². The molecule has 0 radical (unpaired) electrons. The fourth-order valence-electron chi connectivity index (χ4n) is 4.33. The maximum absolute atomic E-state index is 13.0. The number of fused-ring (bicyclic) bond motifs is 1. The quantitative estimate of drug-likeness (QED) is 0.301. The maximum atomic E-state index is 13.0. The molecule has 8 nitrogen and oxygen atoms in total. The van der Waals surface area contributed by atoms with Gasteiger partial charge in [-0.2, -0.15) is 23.5 Å². The molecule has 2 aromatic carbocycles. The molecule has 0 fully saturated rings. The molecule has 1 N–H and O–H groups in total. The van der Waals surface area contributed by atoms with E-state index in [1.807, 2.05) is 24.3 Å². The number of aromatic nitrogens is 6. The van der Waals surface area contributed by atoms with Gasteiger partial charge in [0, 0.05) is 17.8 Å².